The molecular weight excluding hydrogens is 184 g/mol. The van der Waals surface area contributed by atoms with Crippen molar-refractivity contribution in [1.29, 1.82) is 0 Å². The lowest BCUT2D eigenvalue weighted by atomic mass is 9.87. The van der Waals surface area contributed by atoms with Crippen molar-refractivity contribution >= 4 is 22.3 Å². The van der Waals surface area contributed by atoms with Gasteiger partial charge in [0, 0.05) is 24.1 Å². The van der Waals surface area contributed by atoms with Crippen LogP contribution in [0.25, 0.3) is 0 Å². The summed E-state index contributed by atoms with van der Waals surface area (Å²) in [6, 6.07) is 0. The molecule has 1 aliphatic rings. The van der Waals surface area contributed by atoms with Crippen LogP contribution in [0.4, 0.5) is 5.13 Å². The average molecular weight is 196 g/mol. The molecule has 0 aliphatic heterocycles. The summed E-state index contributed by atoms with van der Waals surface area (Å²) in [7, 11) is 0. The number of hydrogen-bond donors (Lipinski definition) is 1. The number of nitrogens with zero attached hydrogens (tertiary/aromatic N) is 1. The van der Waals surface area contributed by atoms with Gasteiger partial charge in [-0.25, -0.2) is 4.98 Å². The van der Waals surface area contributed by atoms with Gasteiger partial charge in [-0.3, -0.25) is 4.79 Å². The van der Waals surface area contributed by atoms with E-state index in [4.69, 9.17) is 5.73 Å². The number of nitrogen functional groups attached to an aromatic ring is 1. The second-order valence-electron chi connectivity index (χ2n) is 3.42. The molecule has 0 atom stereocenters. The molecule has 1 fully saturated rings. The molecule has 0 saturated heterocycles. The Bertz CT molecular complexity index is 311. The molecule has 4 heteroatoms. The Morgan fingerprint density at radius 1 is 1.46 bits per heavy atom. The Hall–Kier alpha value is -0.900. The van der Waals surface area contributed by atoms with Gasteiger partial charge in [0.05, 0.1) is 5.69 Å². The van der Waals surface area contributed by atoms with Crippen molar-refractivity contribution < 1.29 is 4.79 Å². The van der Waals surface area contributed by atoms with Crippen LogP contribution in [0.5, 0.6) is 0 Å². The fourth-order valence-electron chi connectivity index (χ4n) is 1.72. The van der Waals surface area contributed by atoms with Gasteiger partial charge >= 0.3 is 0 Å². The average Bonchev–Trinajstić information content (AvgIpc) is 2.53. The van der Waals surface area contributed by atoms with E-state index in [1.54, 1.807) is 0 Å². The molecule has 2 N–H and O–H groups in total. The lowest BCUT2D eigenvalue weighted by Gasteiger charge is -2.18. The zero-order chi connectivity index (χ0) is 9.26. The largest absolute Gasteiger partial charge is 0.375 e. The summed E-state index contributed by atoms with van der Waals surface area (Å²) < 4.78 is 0. The first-order valence-electron chi connectivity index (χ1n) is 4.48. The van der Waals surface area contributed by atoms with Crippen LogP contribution >= 0.6 is 11.3 Å². The molecule has 0 bridgehead atoms. The Labute approximate surface area is 81.0 Å². The predicted molar refractivity (Wildman–Crippen MR) is 52.7 cm³/mol. The van der Waals surface area contributed by atoms with Crippen LogP contribution in [0.1, 0.15) is 37.3 Å². The molecule has 0 radical (unpaired) electrons. The molecule has 1 heterocycles. The number of Topliss-reactive ketones (excluding diaryl/α,β-unsaturated/α-hetero) is 1. The Kier molecular flexibility index (Phi) is 2.31. The summed E-state index contributed by atoms with van der Waals surface area (Å²) in [5, 5.41) is 2.64. The van der Waals surface area contributed by atoms with Gasteiger partial charge in [0.1, 0.15) is 5.78 Å². The first kappa shape index (κ1) is 8.69. The molecule has 3 nitrogen and oxygen atoms in total. The zero-order valence-corrected chi connectivity index (χ0v) is 8.14. The maximum atomic E-state index is 11.0. The molecule has 2 rings (SSSR count). The molecule has 1 aliphatic carbocycles. The quantitative estimate of drug-likeness (QED) is 0.747. The maximum Gasteiger partial charge on any atom is 0.180 e. The molecular formula is C9H12N2OS. The van der Waals surface area contributed by atoms with Gasteiger partial charge in [-0.2, -0.15) is 0 Å². The fourth-order valence-corrected chi connectivity index (χ4v) is 2.37. The number of rotatable bonds is 1. The van der Waals surface area contributed by atoms with E-state index in [0.29, 0.717) is 29.7 Å². The van der Waals surface area contributed by atoms with Crippen LogP contribution in [0.2, 0.25) is 0 Å². The summed E-state index contributed by atoms with van der Waals surface area (Å²) >= 11 is 1.48. The lowest BCUT2D eigenvalue weighted by molar-refractivity contribution is -0.120. The molecule has 13 heavy (non-hydrogen) atoms. The molecule has 1 saturated carbocycles. The molecule has 0 unspecified atom stereocenters. The van der Waals surface area contributed by atoms with Crippen LogP contribution < -0.4 is 5.73 Å². The van der Waals surface area contributed by atoms with Crippen molar-refractivity contribution in [2.75, 3.05) is 5.73 Å². The monoisotopic (exact) mass is 196 g/mol. The van der Waals surface area contributed by atoms with Gasteiger partial charge in [0.25, 0.3) is 0 Å². The summed E-state index contributed by atoms with van der Waals surface area (Å²) in [5.74, 6) is 0.853. The van der Waals surface area contributed by atoms with Gasteiger partial charge in [-0.1, -0.05) is 0 Å². The molecule has 1 aromatic heterocycles. The second kappa shape index (κ2) is 3.46. The number of carbonyl (C=O) groups is 1. The van der Waals surface area contributed by atoms with E-state index in [9.17, 15) is 4.79 Å². The summed E-state index contributed by atoms with van der Waals surface area (Å²) in [6.07, 6.45) is 3.31. The second-order valence-corrected chi connectivity index (χ2v) is 4.31. The van der Waals surface area contributed by atoms with Crippen LogP contribution in [-0.2, 0) is 4.79 Å². The first-order valence-corrected chi connectivity index (χ1v) is 5.36. The van der Waals surface area contributed by atoms with Gasteiger partial charge in [0.15, 0.2) is 5.13 Å². The lowest BCUT2D eigenvalue weighted by Crippen LogP contribution is -2.12. The number of carbonyl (C=O) groups excluding carboxylic acids is 1. The molecule has 1 aromatic rings. The van der Waals surface area contributed by atoms with Crippen molar-refractivity contribution in [3.8, 4) is 0 Å². The first-order chi connectivity index (χ1) is 6.25. The van der Waals surface area contributed by atoms with Crippen molar-refractivity contribution in [3.63, 3.8) is 0 Å². The minimum atomic E-state index is 0.388. The minimum Gasteiger partial charge on any atom is -0.375 e. The number of nitrogens with two attached hydrogens (primary N) is 1. The number of anilines is 1. The third-order valence-corrected chi connectivity index (χ3v) is 3.19. The highest BCUT2D eigenvalue weighted by atomic mass is 32.1. The van der Waals surface area contributed by atoms with Crippen molar-refractivity contribution in [3.05, 3.63) is 11.1 Å². The highest BCUT2D eigenvalue weighted by Gasteiger charge is 2.21. The molecule has 0 spiro atoms. The topological polar surface area (TPSA) is 56.0 Å². The Morgan fingerprint density at radius 3 is 2.69 bits per heavy atom. The summed E-state index contributed by atoms with van der Waals surface area (Å²) in [4.78, 5) is 15.2. The summed E-state index contributed by atoms with van der Waals surface area (Å²) in [6.45, 7) is 0. The maximum absolute atomic E-state index is 11.0. The third kappa shape index (κ3) is 1.88. The highest BCUT2D eigenvalue weighted by molar-refractivity contribution is 7.13. The molecule has 0 aromatic carbocycles. The van der Waals surface area contributed by atoms with Crippen molar-refractivity contribution in [2.24, 2.45) is 0 Å². The molecule has 0 amide bonds. The van der Waals surface area contributed by atoms with E-state index in [-0.39, 0.29) is 0 Å². The van der Waals surface area contributed by atoms with E-state index in [0.717, 1.165) is 18.5 Å². The smallest absolute Gasteiger partial charge is 0.180 e. The van der Waals surface area contributed by atoms with Crippen molar-refractivity contribution in [1.82, 2.24) is 4.98 Å². The number of aromatic nitrogens is 1. The number of thiazole rings is 1. The standard InChI is InChI=1S/C9H12N2OS/c10-9-11-8(5-13-9)6-1-3-7(12)4-2-6/h5-6H,1-4H2,(H2,10,11). The van der Waals surface area contributed by atoms with Crippen LogP contribution in [0.3, 0.4) is 0 Å². The van der Waals surface area contributed by atoms with Crippen molar-refractivity contribution in [2.45, 2.75) is 31.6 Å². The van der Waals surface area contributed by atoms with Gasteiger partial charge < -0.3 is 5.73 Å². The fraction of sp³-hybridized carbons (Fsp3) is 0.556. The van der Waals surface area contributed by atoms with Crippen LogP contribution in [0, 0.1) is 0 Å². The Morgan fingerprint density at radius 2 is 2.15 bits per heavy atom. The summed E-state index contributed by atoms with van der Waals surface area (Å²) in [5.41, 5.74) is 6.63. The Balaban J connectivity index is 2.06. The SMILES string of the molecule is Nc1nc(C2CCC(=O)CC2)cs1. The number of hydrogen-bond acceptors (Lipinski definition) is 4. The van der Waals surface area contributed by atoms with E-state index in [2.05, 4.69) is 4.98 Å². The third-order valence-electron chi connectivity index (χ3n) is 2.50. The molecule has 70 valence electrons. The van der Waals surface area contributed by atoms with Crippen LogP contribution in [0.15, 0.2) is 5.38 Å². The highest BCUT2D eigenvalue weighted by Crippen LogP contribution is 2.32. The number of ketones is 1. The normalized spacial score (nSPS) is 19.2. The van der Waals surface area contributed by atoms with Crippen LogP contribution in [-0.4, -0.2) is 10.8 Å². The minimum absolute atomic E-state index is 0.388. The van der Waals surface area contributed by atoms with E-state index >= 15 is 0 Å². The van der Waals surface area contributed by atoms with E-state index in [1.165, 1.54) is 11.3 Å². The van der Waals surface area contributed by atoms with Gasteiger partial charge in [-0.05, 0) is 12.8 Å². The van der Waals surface area contributed by atoms with E-state index < -0.39 is 0 Å². The van der Waals surface area contributed by atoms with Gasteiger partial charge in [0.2, 0.25) is 0 Å². The zero-order valence-electron chi connectivity index (χ0n) is 7.32. The van der Waals surface area contributed by atoms with Gasteiger partial charge in [-0.15, -0.1) is 11.3 Å². The van der Waals surface area contributed by atoms with E-state index in [1.807, 2.05) is 5.38 Å². The predicted octanol–water partition coefficient (Wildman–Crippen LogP) is 1.95.